The minimum absolute atomic E-state index is 0.561. The first-order chi connectivity index (χ1) is 9.20. The summed E-state index contributed by atoms with van der Waals surface area (Å²) in [5.41, 5.74) is 0. The van der Waals surface area contributed by atoms with E-state index in [1.165, 1.54) is 25.8 Å². The zero-order valence-corrected chi connectivity index (χ0v) is 12.4. The van der Waals surface area contributed by atoms with Crippen LogP contribution < -0.4 is 5.32 Å². The van der Waals surface area contributed by atoms with Crippen LogP contribution in [0.15, 0.2) is 4.52 Å². The monoisotopic (exact) mass is 266 g/mol. The summed E-state index contributed by atoms with van der Waals surface area (Å²) in [6.45, 7) is 6.62. The first-order valence-corrected chi connectivity index (χ1v) is 7.42. The number of nitrogens with zero attached hydrogens (tertiary/aromatic N) is 3. The van der Waals surface area contributed by atoms with Crippen LogP contribution in [0, 0.1) is 0 Å². The van der Waals surface area contributed by atoms with Crippen LogP contribution in [-0.4, -0.2) is 47.3 Å². The lowest BCUT2D eigenvalue weighted by Crippen LogP contribution is -2.45. The maximum Gasteiger partial charge on any atom is 0.228 e. The second kappa shape index (κ2) is 7.01. The number of likely N-dealkylation sites (N-methyl/N-ethyl adjacent to an activating group) is 1. The molecule has 0 radical (unpaired) electrons. The number of likely N-dealkylation sites (tertiary alicyclic amines) is 1. The number of rotatable bonds is 6. The highest BCUT2D eigenvalue weighted by atomic mass is 16.5. The average molecular weight is 266 g/mol. The molecule has 0 spiro atoms. The van der Waals surface area contributed by atoms with E-state index in [1.807, 2.05) is 7.05 Å². The minimum atomic E-state index is 0.561. The normalized spacial score (nSPS) is 21.2. The van der Waals surface area contributed by atoms with E-state index in [-0.39, 0.29) is 0 Å². The van der Waals surface area contributed by atoms with Gasteiger partial charge in [0.15, 0.2) is 5.82 Å². The van der Waals surface area contributed by atoms with E-state index in [0.29, 0.717) is 12.1 Å². The van der Waals surface area contributed by atoms with Crippen LogP contribution in [0.2, 0.25) is 0 Å². The molecule has 0 aromatic carbocycles. The molecule has 0 saturated carbocycles. The Morgan fingerprint density at radius 1 is 1.42 bits per heavy atom. The van der Waals surface area contributed by atoms with E-state index in [9.17, 15) is 0 Å². The highest BCUT2D eigenvalue weighted by molar-refractivity contribution is 4.92. The first-order valence-electron chi connectivity index (χ1n) is 7.42. The molecule has 108 valence electrons. The molecule has 1 aliphatic heterocycles. The number of aromatic nitrogens is 2. The van der Waals surface area contributed by atoms with Crippen LogP contribution in [0.25, 0.3) is 0 Å². The topological polar surface area (TPSA) is 54.2 Å². The SMILES string of the molecule is CNCCc1noc(CC2CCCCN2C(C)C)n1. The van der Waals surface area contributed by atoms with E-state index < -0.39 is 0 Å². The highest BCUT2D eigenvalue weighted by Gasteiger charge is 2.26. The van der Waals surface area contributed by atoms with Crippen molar-refractivity contribution in [1.82, 2.24) is 20.4 Å². The maximum absolute atomic E-state index is 5.38. The van der Waals surface area contributed by atoms with Gasteiger partial charge in [-0.2, -0.15) is 4.98 Å². The van der Waals surface area contributed by atoms with Crippen LogP contribution in [0.5, 0.6) is 0 Å². The Kier molecular flexibility index (Phi) is 5.34. The van der Waals surface area contributed by atoms with Crippen LogP contribution in [-0.2, 0) is 12.8 Å². The van der Waals surface area contributed by atoms with E-state index in [2.05, 4.69) is 34.2 Å². The van der Waals surface area contributed by atoms with E-state index in [0.717, 1.165) is 31.1 Å². The Morgan fingerprint density at radius 3 is 3.00 bits per heavy atom. The molecule has 0 aliphatic carbocycles. The van der Waals surface area contributed by atoms with Gasteiger partial charge in [0.2, 0.25) is 5.89 Å². The van der Waals surface area contributed by atoms with Gasteiger partial charge in [-0.1, -0.05) is 11.6 Å². The number of nitrogens with one attached hydrogen (secondary N) is 1. The third-order valence-corrected chi connectivity index (χ3v) is 3.85. The van der Waals surface area contributed by atoms with Gasteiger partial charge < -0.3 is 9.84 Å². The predicted molar refractivity (Wildman–Crippen MR) is 75.1 cm³/mol. The molecule has 19 heavy (non-hydrogen) atoms. The fraction of sp³-hybridized carbons (Fsp3) is 0.857. The fourth-order valence-electron chi connectivity index (χ4n) is 2.83. The molecule has 5 heteroatoms. The molecule has 1 atom stereocenters. The minimum Gasteiger partial charge on any atom is -0.339 e. The van der Waals surface area contributed by atoms with Gasteiger partial charge in [-0.05, 0) is 40.3 Å². The second-order valence-corrected chi connectivity index (χ2v) is 5.64. The number of hydrogen-bond donors (Lipinski definition) is 1. The molecule has 0 amide bonds. The molecule has 2 rings (SSSR count). The Labute approximate surface area is 115 Å². The Bertz CT molecular complexity index is 377. The Hall–Kier alpha value is -0.940. The standard InChI is InChI=1S/C14H26N4O/c1-11(2)18-9-5-4-6-12(18)10-14-16-13(17-19-14)7-8-15-3/h11-12,15H,4-10H2,1-3H3. The van der Waals surface area contributed by atoms with Gasteiger partial charge in [-0.25, -0.2) is 0 Å². The molecule has 1 unspecified atom stereocenters. The van der Waals surface area contributed by atoms with Crippen LogP contribution in [0.1, 0.15) is 44.8 Å². The van der Waals surface area contributed by atoms with Crippen molar-refractivity contribution >= 4 is 0 Å². The average Bonchev–Trinajstić information content (AvgIpc) is 2.84. The van der Waals surface area contributed by atoms with Crippen molar-refractivity contribution in [3.8, 4) is 0 Å². The van der Waals surface area contributed by atoms with Gasteiger partial charge in [0, 0.05) is 31.5 Å². The summed E-state index contributed by atoms with van der Waals surface area (Å²) < 4.78 is 5.38. The molecule has 2 heterocycles. The Morgan fingerprint density at radius 2 is 2.26 bits per heavy atom. The van der Waals surface area contributed by atoms with Crippen LogP contribution in [0.4, 0.5) is 0 Å². The van der Waals surface area contributed by atoms with E-state index in [1.54, 1.807) is 0 Å². The molecule has 1 aliphatic rings. The van der Waals surface area contributed by atoms with Gasteiger partial charge >= 0.3 is 0 Å². The van der Waals surface area contributed by atoms with Crippen LogP contribution in [0.3, 0.4) is 0 Å². The lowest BCUT2D eigenvalue weighted by molar-refractivity contribution is 0.105. The summed E-state index contributed by atoms with van der Waals surface area (Å²) in [5.74, 6) is 1.61. The van der Waals surface area contributed by atoms with Crippen molar-refractivity contribution in [2.24, 2.45) is 0 Å². The van der Waals surface area contributed by atoms with Crippen molar-refractivity contribution in [2.75, 3.05) is 20.1 Å². The van der Waals surface area contributed by atoms with E-state index in [4.69, 9.17) is 4.52 Å². The first kappa shape index (κ1) is 14.5. The van der Waals surface area contributed by atoms with Gasteiger partial charge in [-0.3, -0.25) is 4.90 Å². The molecule has 1 saturated heterocycles. The molecule has 1 N–H and O–H groups in total. The van der Waals surface area contributed by atoms with Crippen molar-refractivity contribution in [1.29, 1.82) is 0 Å². The van der Waals surface area contributed by atoms with Crippen LogP contribution >= 0.6 is 0 Å². The predicted octanol–water partition coefficient (Wildman–Crippen LogP) is 1.64. The lowest BCUT2D eigenvalue weighted by Gasteiger charge is -2.38. The summed E-state index contributed by atoms with van der Waals surface area (Å²) in [6.07, 6.45) is 5.59. The third-order valence-electron chi connectivity index (χ3n) is 3.85. The lowest BCUT2D eigenvalue weighted by atomic mass is 9.98. The summed E-state index contributed by atoms with van der Waals surface area (Å²) in [7, 11) is 1.93. The number of hydrogen-bond acceptors (Lipinski definition) is 5. The summed E-state index contributed by atoms with van der Waals surface area (Å²) in [6, 6.07) is 1.16. The molecule has 0 bridgehead atoms. The van der Waals surface area contributed by atoms with Gasteiger partial charge in [0.25, 0.3) is 0 Å². The summed E-state index contributed by atoms with van der Waals surface area (Å²) in [5, 5.41) is 7.14. The van der Waals surface area contributed by atoms with Crippen molar-refractivity contribution < 1.29 is 4.52 Å². The molecule has 5 nitrogen and oxygen atoms in total. The molecular weight excluding hydrogens is 240 g/mol. The zero-order valence-electron chi connectivity index (χ0n) is 12.4. The van der Waals surface area contributed by atoms with E-state index >= 15 is 0 Å². The smallest absolute Gasteiger partial charge is 0.228 e. The summed E-state index contributed by atoms with van der Waals surface area (Å²) >= 11 is 0. The second-order valence-electron chi connectivity index (χ2n) is 5.64. The maximum atomic E-state index is 5.38. The Balaban J connectivity index is 1.93. The van der Waals surface area contributed by atoms with Crippen molar-refractivity contribution in [3.63, 3.8) is 0 Å². The molecule has 1 aromatic heterocycles. The van der Waals surface area contributed by atoms with Crippen molar-refractivity contribution in [3.05, 3.63) is 11.7 Å². The molecule has 1 aromatic rings. The van der Waals surface area contributed by atoms with Gasteiger partial charge in [-0.15, -0.1) is 0 Å². The fourth-order valence-corrected chi connectivity index (χ4v) is 2.83. The van der Waals surface area contributed by atoms with Gasteiger partial charge in [0.05, 0.1) is 0 Å². The summed E-state index contributed by atoms with van der Waals surface area (Å²) in [4.78, 5) is 7.06. The highest BCUT2D eigenvalue weighted by Crippen LogP contribution is 2.22. The number of piperidine rings is 1. The third kappa shape index (κ3) is 4.01. The molecular formula is C14H26N4O. The quantitative estimate of drug-likeness (QED) is 0.848. The molecule has 1 fully saturated rings. The largest absolute Gasteiger partial charge is 0.339 e. The van der Waals surface area contributed by atoms with Crippen molar-refractivity contribution in [2.45, 2.75) is 58.0 Å². The zero-order chi connectivity index (χ0) is 13.7. The van der Waals surface area contributed by atoms with Gasteiger partial charge in [0.1, 0.15) is 0 Å².